The summed E-state index contributed by atoms with van der Waals surface area (Å²) in [5, 5.41) is 11.0. The van der Waals surface area contributed by atoms with Gasteiger partial charge in [0, 0.05) is 24.8 Å². The quantitative estimate of drug-likeness (QED) is 0.596. The van der Waals surface area contributed by atoms with Gasteiger partial charge in [0.05, 0.1) is 25.8 Å². The fourth-order valence-corrected chi connectivity index (χ4v) is 3.36. The van der Waals surface area contributed by atoms with Gasteiger partial charge in [-0.1, -0.05) is 0 Å². The van der Waals surface area contributed by atoms with E-state index in [1.165, 1.54) is 19.2 Å². The van der Waals surface area contributed by atoms with Crippen molar-refractivity contribution in [3.63, 3.8) is 0 Å². The number of aromatic nitrogens is 5. The molecule has 1 aromatic carbocycles. The first kappa shape index (κ1) is 20.9. The van der Waals surface area contributed by atoms with Crippen molar-refractivity contribution in [1.29, 1.82) is 0 Å². The second-order valence-electron chi connectivity index (χ2n) is 6.39. The molecule has 164 valence electrons. The number of alkyl halides is 2. The Bertz CT molecular complexity index is 1140. The Balaban J connectivity index is 1.94. The number of ether oxygens (including phenoxy) is 2. The molecule has 4 rings (SSSR count). The number of imidazole rings is 1. The van der Waals surface area contributed by atoms with Crippen LogP contribution in [0.15, 0.2) is 12.1 Å². The highest BCUT2D eigenvalue weighted by atomic mass is 35.5. The van der Waals surface area contributed by atoms with E-state index in [0.29, 0.717) is 26.3 Å². The Labute approximate surface area is 178 Å². The first-order chi connectivity index (χ1) is 14.9. The summed E-state index contributed by atoms with van der Waals surface area (Å²) in [4.78, 5) is 29.3. The van der Waals surface area contributed by atoms with Crippen LogP contribution < -0.4 is 15.0 Å². The minimum atomic E-state index is -2.99. The summed E-state index contributed by atoms with van der Waals surface area (Å²) in [6.45, 7) is 1.89. The molecule has 1 aliphatic heterocycles. The summed E-state index contributed by atoms with van der Waals surface area (Å²) in [7, 11) is 1.32. The van der Waals surface area contributed by atoms with Crippen molar-refractivity contribution in [2.45, 2.75) is 6.43 Å². The van der Waals surface area contributed by atoms with Gasteiger partial charge in [-0.3, -0.25) is 9.88 Å². The predicted octanol–water partition coefficient (Wildman–Crippen LogP) is 2.74. The number of hydrogen-bond acceptors (Lipinski definition) is 8. The van der Waals surface area contributed by atoms with Crippen molar-refractivity contribution in [1.82, 2.24) is 24.5 Å². The number of methoxy groups -OCH3 is 1. The minimum Gasteiger partial charge on any atom is -0.494 e. The van der Waals surface area contributed by atoms with Crippen LogP contribution >= 0.6 is 11.6 Å². The van der Waals surface area contributed by atoms with Gasteiger partial charge in [-0.05, 0) is 17.7 Å². The van der Waals surface area contributed by atoms with E-state index in [-0.39, 0.29) is 39.7 Å². The monoisotopic (exact) mass is 455 g/mol. The molecule has 2 aromatic heterocycles. The first-order valence-electron chi connectivity index (χ1n) is 9.00. The average Bonchev–Trinajstić information content (AvgIpc) is 3.13. The number of morpholine rings is 1. The van der Waals surface area contributed by atoms with Crippen molar-refractivity contribution >= 4 is 40.4 Å². The molecule has 0 bridgehead atoms. The first-order valence-corrected chi connectivity index (χ1v) is 9.38. The van der Waals surface area contributed by atoms with Crippen LogP contribution in [0.4, 0.5) is 25.2 Å². The van der Waals surface area contributed by atoms with E-state index < -0.39 is 18.3 Å². The lowest BCUT2D eigenvalue weighted by atomic mass is 10.2. The third-order valence-electron chi connectivity index (χ3n) is 4.50. The second kappa shape index (κ2) is 8.43. The Hall–Kier alpha value is -3.32. The molecule has 3 aromatic rings. The molecule has 1 saturated heterocycles. The number of amides is 1. The number of rotatable bonds is 5. The molecule has 31 heavy (non-hydrogen) atoms. The molecule has 1 aliphatic rings. The number of carboxylic acid groups (broad SMARTS) is 1. The van der Waals surface area contributed by atoms with Crippen LogP contribution in [0.2, 0.25) is 5.28 Å². The summed E-state index contributed by atoms with van der Waals surface area (Å²) in [5.41, 5.74) is 0.277. The topological polar surface area (TPSA) is 128 Å². The van der Waals surface area contributed by atoms with Crippen LogP contribution in [0.3, 0.4) is 0 Å². The largest absolute Gasteiger partial charge is 0.494 e. The van der Waals surface area contributed by atoms with E-state index in [4.69, 9.17) is 26.2 Å². The molecule has 1 amide bonds. The molecular weight excluding hydrogens is 440 g/mol. The molecule has 0 saturated carbocycles. The van der Waals surface area contributed by atoms with Gasteiger partial charge in [-0.15, -0.1) is 0 Å². The number of halogens is 3. The van der Waals surface area contributed by atoms with E-state index in [0.717, 1.165) is 4.57 Å². The van der Waals surface area contributed by atoms with Crippen LogP contribution in [0.25, 0.3) is 17.0 Å². The maximum absolute atomic E-state index is 13.9. The van der Waals surface area contributed by atoms with Crippen LogP contribution in [-0.2, 0) is 4.74 Å². The van der Waals surface area contributed by atoms with Gasteiger partial charge >= 0.3 is 6.09 Å². The van der Waals surface area contributed by atoms with E-state index in [1.807, 2.05) is 0 Å². The summed E-state index contributed by atoms with van der Waals surface area (Å²) in [6.07, 6.45) is -4.32. The molecule has 2 N–H and O–H groups in total. The summed E-state index contributed by atoms with van der Waals surface area (Å²) in [5.74, 6) is -0.549. The molecule has 3 heterocycles. The van der Waals surface area contributed by atoms with E-state index in [1.54, 1.807) is 4.90 Å². The fourth-order valence-electron chi connectivity index (χ4n) is 3.21. The molecular formula is C17H16ClF2N7O4. The molecule has 1 fully saturated rings. The fraction of sp³-hybridized carbons (Fsp3) is 0.353. The third kappa shape index (κ3) is 4.14. The predicted molar refractivity (Wildman–Crippen MR) is 106 cm³/mol. The number of hydrogen-bond donors (Lipinski definition) is 2. The van der Waals surface area contributed by atoms with Gasteiger partial charge in [0.2, 0.25) is 17.2 Å². The molecule has 0 unspecified atom stereocenters. The van der Waals surface area contributed by atoms with Crippen molar-refractivity contribution < 1.29 is 28.2 Å². The highest BCUT2D eigenvalue weighted by Gasteiger charge is 2.26. The minimum absolute atomic E-state index is 0.0817. The summed E-state index contributed by atoms with van der Waals surface area (Å²) in [6, 6.07) is 2.67. The lowest BCUT2D eigenvalue weighted by Crippen LogP contribution is -2.37. The van der Waals surface area contributed by atoms with Gasteiger partial charge in [0.1, 0.15) is 11.3 Å². The lowest BCUT2D eigenvalue weighted by molar-refractivity contribution is 0.122. The Kier molecular flexibility index (Phi) is 5.69. The number of carbonyl (C=O) groups is 1. The van der Waals surface area contributed by atoms with Crippen LogP contribution in [0, 0.1) is 0 Å². The number of nitrogens with one attached hydrogen (secondary N) is 1. The summed E-state index contributed by atoms with van der Waals surface area (Å²) < 4.78 is 39.3. The van der Waals surface area contributed by atoms with E-state index in [9.17, 15) is 13.6 Å². The standard InChI is InChI=1S/C17H16ClF2N7O4/c1-30-10-7-8(21-17(28)29)6-9-11(10)22-13(12(19)20)27(9)16-24-14(18)23-15(25-16)26-2-4-31-5-3-26/h6-7,12,21H,2-5H2,1H3,(H,28,29). The SMILES string of the molecule is COc1cc(NC(=O)O)cc2c1nc(C(F)F)n2-c1nc(Cl)nc(N2CCOCC2)n1. The van der Waals surface area contributed by atoms with Gasteiger partial charge in [-0.2, -0.15) is 15.0 Å². The van der Waals surface area contributed by atoms with Gasteiger partial charge in [0.25, 0.3) is 6.43 Å². The molecule has 11 nitrogen and oxygen atoms in total. The average molecular weight is 456 g/mol. The number of fused-ring (bicyclic) bond motifs is 1. The van der Waals surface area contributed by atoms with E-state index >= 15 is 0 Å². The third-order valence-corrected chi connectivity index (χ3v) is 4.67. The normalized spacial score (nSPS) is 14.3. The molecule has 0 atom stereocenters. The number of anilines is 2. The van der Waals surface area contributed by atoms with Gasteiger partial charge < -0.3 is 19.5 Å². The van der Waals surface area contributed by atoms with Crippen LogP contribution in [0.1, 0.15) is 12.2 Å². The Morgan fingerprint density at radius 3 is 2.58 bits per heavy atom. The van der Waals surface area contributed by atoms with E-state index in [2.05, 4.69) is 25.3 Å². The van der Waals surface area contributed by atoms with Crippen molar-refractivity contribution in [3.05, 3.63) is 23.2 Å². The molecule has 0 aliphatic carbocycles. The molecule has 0 spiro atoms. The van der Waals surface area contributed by atoms with Crippen LogP contribution in [-0.4, -0.2) is 69.1 Å². The number of nitrogens with zero attached hydrogens (tertiary/aromatic N) is 6. The zero-order valence-electron chi connectivity index (χ0n) is 16.0. The smallest absolute Gasteiger partial charge is 0.409 e. The second-order valence-corrected chi connectivity index (χ2v) is 6.72. The molecule has 14 heteroatoms. The highest BCUT2D eigenvalue weighted by Crippen LogP contribution is 2.35. The zero-order chi connectivity index (χ0) is 22.1. The number of benzene rings is 1. The Morgan fingerprint density at radius 2 is 1.94 bits per heavy atom. The van der Waals surface area contributed by atoms with Gasteiger partial charge in [0.15, 0.2) is 5.82 Å². The van der Waals surface area contributed by atoms with Gasteiger partial charge in [-0.25, -0.2) is 18.6 Å². The summed E-state index contributed by atoms with van der Waals surface area (Å²) >= 11 is 6.07. The van der Waals surface area contributed by atoms with Crippen molar-refractivity contribution in [2.24, 2.45) is 0 Å². The maximum Gasteiger partial charge on any atom is 0.409 e. The van der Waals surface area contributed by atoms with Crippen molar-refractivity contribution in [3.8, 4) is 11.7 Å². The maximum atomic E-state index is 13.9. The Morgan fingerprint density at radius 1 is 1.23 bits per heavy atom. The lowest BCUT2D eigenvalue weighted by Gasteiger charge is -2.26. The zero-order valence-corrected chi connectivity index (χ0v) is 16.8. The van der Waals surface area contributed by atoms with Crippen LogP contribution in [0.5, 0.6) is 5.75 Å². The highest BCUT2D eigenvalue weighted by molar-refractivity contribution is 6.28. The molecule has 0 radical (unpaired) electrons. The van der Waals surface area contributed by atoms with Crippen molar-refractivity contribution in [2.75, 3.05) is 43.6 Å².